The summed E-state index contributed by atoms with van der Waals surface area (Å²) >= 11 is 24.7. The molecule has 4 rings (SSSR count). The van der Waals surface area contributed by atoms with E-state index in [1.54, 1.807) is 48.5 Å². The fourth-order valence-electron chi connectivity index (χ4n) is 3.91. The fraction of sp³-hybridized carbons (Fsp3) is 0.217. The Bertz CT molecular complexity index is 1220. The number of benzene rings is 3. The van der Waals surface area contributed by atoms with Crippen molar-refractivity contribution < 1.29 is 8.42 Å². The highest BCUT2D eigenvalue weighted by Crippen LogP contribution is 2.37. The van der Waals surface area contributed by atoms with Gasteiger partial charge in [0.1, 0.15) is 0 Å². The van der Waals surface area contributed by atoms with Crippen LogP contribution in [0.25, 0.3) is 0 Å². The molecule has 1 heterocycles. The van der Waals surface area contributed by atoms with E-state index in [0.717, 1.165) is 11.3 Å². The molecule has 1 aliphatic heterocycles. The maximum atomic E-state index is 13.3. The van der Waals surface area contributed by atoms with Crippen LogP contribution >= 0.6 is 46.4 Å². The Morgan fingerprint density at radius 1 is 0.812 bits per heavy atom. The third-order valence-electron chi connectivity index (χ3n) is 5.45. The quantitative estimate of drug-likeness (QED) is 0.369. The normalized spacial score (nSPS) is 17.5. The van der Waals surface area contributed by atoms with Gasteiger partial charge >= 0.3 is 0 Å². The molecule has 0 spiro atoms. The smallest absolute Gasteiger partial charge is 0.218 e. The molecule has 1 unspecified atom stereocenters. The Kier molecular flexibility index (Phi) is 7.25. The zero-order chi connectivity index (χ0) is 22.9. The minimum absolute atomic E-state index is 0.109. The lowest BCUT2D eigenvalue weighted by atomic mass is 10.0. The van der Waals surface area contributed by atoms with E-state index in [1.165, 1.54) is 4.31 Å². The Balaban J connectivity index is 1.66. The van der Waals surface area contributed by atoms with E-state index in [-0.39, 0.29) is 18.3 Å². The van der Waals surface area contributed by atoms with Crippen molar-refractivity contribution in [1.29, 1.82) is 0 Å². The largest absolute Gasteiger partial charge is 0.361 e. The molecule has 0 radical (unpaired) electrons. The van der Waals surface area contributed by atoms with Crippen molar-refractivity contribution in [3.8, 4) is 0 Å². The molecule has 0 N–H and O–H groups in total. The van der Waals surface area contributed by atoms with Gasteiger partial charge in [0.05, 0.1) is 22.5 Å². The summed E-state index contributed by atoms with van der Waals surface area (Å²) in [5, 5.41) is 2.20. The van der Waals surface area contributed by atoms with Crippen LogP contribution in [0.5, 0.6) is 0 Å². The van der Waals surface area contributed by atoms with Crippen LogP contribution in [0.2, 0.25) is 20.1 Å². The summed E-state index contributed by atoms with van der Waals surface area (Å²) in [5.41, 5.74) is 2.41. The fourth-order valence-corrected chi connectivity index (χ4v) is 6.28. The number of halogens is 4. The van der Waals surface area contributed by atoms with E-state index in [0.29, 0.717) is 38.7 Å². The van der Waals surface area contributed by atoms with Crippen LogP contribution in [0.15, 0.2) is 66.7 Å². The summed E-state index contributed by atoms with van der Waals surface area (Å²) < 4.78 is 28.0. The first kappa shape index (κ1) is 23.7. The molecule has 0 saturated carbocycles. The molecule has 1 saturated heterocycles. The SMILES string of the molecule is O=S(=O)(Cc1cccc(Cl)c1)N1CCN(c2ccc(Cl)cc2Cl)C(c2ccc(Cl)cc2)C1. The van der Waals surface area contributed by atoms with Crippen molar-refractivity contribution in [2.45, 2.75) is 11.8 Å². The molecular weight excluding hydrogens is 510 g/mol. The molecule has 32 heavy (non-hydrogen) atoms. The number of anilines is 1. The maximum Gasteiger partial charge on any atom is 0.218 e. The van der Waals surface area contributed by atoms with E-state index in [9.17, 15) is 8.42 Å². The Morgan fingerprint density at radius 3 is 2.19 bits per heavy atom. The minimum Gasteiger partial charge on any atom is -0.361 e. The van der Waals surface area contributed by atoms with E-state index < -0.39 is 10.0 Å². The van der Waals surface area contributed by atoms with Crippen LogP contribution in [0.4, 0.5) is 5.69 Å². The summed E-state index contributed by atoms with van der Waals surface area (Å²) in [5.74, 6) is -0.109. The van der Waals surface area contributed by atoms with Gasteiger partial charge < -0.3 is 4.90 Å². The molecule has 1 fully saturated rings. The first-order valence-corrected chi connectivity index (χ1v) is 13.0. The van der Waals surface area contributed by atoms with E-state index in [2.05, 4.69) is 4.90 Å². The molecule has 4 nitrogen and oxygen atoms in total. The van der Waals surface area contributed by atoms with Gasteiger partial charge in [-0.1, -0.05) is 70.7 Å². The van der Waals surface area contributed by atoms with Crippen molar-refractivity contribution in [2.75, 3.05) is 24.5 Å². The molecule has 3 aromatic rings. The van der Waals surface area contributed by atoms with Gasteiger partial charge in [-0.3, -0.25) is 0 Å². The Morgan fingerprint density at radius 2 is 1.50 bits per heavy atom. The standard InChI is InChI=1S/C23H20Cl4N2O2S/c24-18-6-4-17(5-7-18)23-14-28(32(30,31)15-16-2-1-3-19(25)12-16)10-11-29(23)22-9-8-20(26)13-21(22)27/h1-9,12-13,23H,10-11,14-15H2. The predicted octanol–water partition coefficient (Wildman–Crippen LogP) is 6.69. The van der Waals surface area contributed by atoms with Crippen LogP contribution in [0.1, 0.15) is 17.2 Å². The lowest BCUT2D eigenvalue weighted by Gasteiger charge is -2.42. The topological polar surface area (TPSA) is 40.6 Å². The van der Waals surface area contributed by atoms with Gasteiger partial charge in [-0.2, -0.15) is 4.31 Å². The molecule has 168 valence electrons. The number of piperazine rings is 1. The average molecular weight is 530 g/mol. The first-order chi connectivity index (χ1) is 15.2. The monoisotopic (exact) mass is 528 g/mol. The number of sulfonamides is 1. The summed E-state index contributed by atoms with van der Waals surface area (Å²) in [6.45, 7) is 1.10. The number of rotatable bonds is 5. The zero-order valence-electron chi connectivity index (χ0n) is 16.9. The van der Waals surface area contributed by atoms with E-state index >= 15 is 0 Å². The molecular formula is C23H20Cl4N2O2S. The van der Waals surface area contributed by atoms with Gasteiger partial charge in [-0.25, -0.2) is 8.42 Å². The second-order valence-electron chi connectivity index (χ2n) is 7.60. The van der Waals surface area contributed by atoms with Crippen molar-refractivity contribution in [1.82, 2.24) is 4.31 Å². The Labute approximate surface area is 208 Å². The lowest BCUT2D eigenvalue weighted by molar-refractivity contribution is 0.335. The Hall–Kier alpha value is -1.47. The van der Waals surface area contributed by atoms with E-state index in [4.69, 9.17) is 46.4 Å². The molecule has 0 bridgehead atoms. The molecule has 1 atom stereocenters. The molecule has 1 aliphatic rings. The average Bonchev–Trinajstić information content (AvgIpc) is 2.74. The van der Waals surface area contributed by atoms with Crippen molar-refractivity contribution in [2.24, 2.45) is 0 Å². The number of hydrogen-bond acceptors (Lipinski definition) is 3. The zero-order valence-corrected chi connectivity index (χ0v) is 20.7. The third-order valence-corrected chi connectivity index (χ3v) is 8.29. The van der Waals surface area contributed by atoms with Gasteiger partial charge in [0.15, 0.2) is 0 Å². The maximum absolute atomic E-state index is 13.3. The van der Waals surface area contributed by atoms with Crippen LogP contribution in [-0.4, -0.2) is 32.4 Å². The highest BCUT2D eigenvalue weighted by atomic mass is 35.5. The summed E-state index contributed by atoms with van der Waals surface area (Å²) in [6.07, 6.45) is 0. The van der Waals surface area contributed by atoms with Crippen LogP contribution in [-0.2, 0) is 15.8 Å². The van der Waals surface area contributed by atoms with Gasteiger partial charge in [0.25, 0.3) is 0 Å². The second kappa shape index (κ2) is 9.80. The number of nitrogens with zero attached hydrogens (tertiary/aromatic N) is 2. The van der Waals surface area contributed by atoms with E-state index in [1.807, 2.05) is 18.2 Å². The molecule has 3 aromatic carbocycles. The lowest BCUT2D eigenvalue weighted by Crippen LogP contribution is -2.50. The highest BCUT2D eigenvalue weighted by molar-refractivity contribution is 7.88. The molecule has 0 aliphatic carbocycles. The minimum atomic E-state index is -3.56. The van der Waals surface area contributed by atoms with Crippen molar-refractivity contribution >= 4 is 62.1 Å². The molecule has 9 heteroatoms. The van der Waals surface area contributed by atoms with Crippen molar-refractivity contribution in [3.05, 3.63) is 97.9 Å². The number of hydrogen-bond donors (Lipinski definition) is 0. The predicted molar refractivity (Wildman–Crippen MR) is 134 cm³/mol. The first-order valence-electron chi connectivity index (χ1n) is 9.92. The van der Waals surface area contributed by atoms with Gasteiger partial charge in [0.2, 0.25) is 10.0 Å². The second-order valence-corrected chi connectivity index (χ2v) is 11.3. The highest BCUT2D eigenvalue weighted by Gasteiger charge is 2.35. The molecule has 0 aromatic heterocycles. The van der Waals surface area contributed by atoms with Crippen LogP contribution in [0, 0.1) is 0 Å². The van der Waals surface area contributed by atoms with Crippen LogP contribution in [0.3, 0.4) is 0 Å². The van der Waals surface area contributed by atoms with Gasteiger partial charge in [-0.05, 0) is 53.6 Å². The van der Waals surface area contributed by atoms with Crippen molar-refractivity contribution in [3.63, 3.8) is 0 Å². The molecule has 0 amide bonds. The summed E-state index contributed by atoms with van der Waals surface area (Å²) in [4.78, 5) is 2.12. The summed E-state index contributed by atoms with van der Waals surface area (Å²) in [6, 6.07) is 19.5. The van der Waals surface area contributed by atoms with Crippen LogP contribution < -0.4 is 4.90 Å². The third kappa shape index (κ3) is 5.36. The van der Waals surface area contributed by atoms with Gasteiger partial charge in [0, 0.05) is 34.7 Å². The van der Waals surface area contributed by atoms with Gasteiger partial charge in [-0.15, -0.1) is 0 Å². The summed E-state index contributed by atoms with van der Waals surface area (Å²) in [7, 11) is -3.56.